The summed E-state index contributed by atoms with van der Waals surface area (Å²) in [5, 5.41) is 11.4. The predicted octanol–water partition coefficient (Wildman–Crippen LogP) is 2.31. The highest BCUT2D eigenvalue weighted by atomic mass is 35.5. The van der Waals surface area contributed by atoms with Gasteiger partial charge in [-0.2, -0.15) is 0 Å². The van der Waals surface area contributed by atoms with Crippen LogP contribution in [0.25, 0.3) is 0 Å². The van der Waals surface area contributed by atoms with Crippen molar-refractivity contribution in [3.8, 4) is 0 Å². The molecule has 0 aliphatic carbocycles. The van der Waals surface area contributed by atoms with Crippen molar-refractivity contribution in [2.75, 3.05) is 6.61 Å². The molecule has 2 atom stereocenters. The smallest absolute Gasteiger partial charge is 0.341 e. The molecule has 2 rings (SSSR count). The molecule has 2 aromatic rings. The van der Waals surface area contributed by atoms with Gasteiger partial charge in [-0.1, -0.05) is 36.2 Å². The van der Waals surface area contributed by atoms with Gasteiger partial charge in [0.1, 0.15) is 6.04 Å². The van der Waals surface area contributed by atoms with Crippen LogP contribution in [0.4, 0.5) is 0 Å². The SMILES string of the molecule is C[C@H](CC(=O)c1ncc[nH]1)C(=O)N[C@@H](CC(=O)O)C(=O)COC(=O)c1c(Cl)cccc1Cl. The van der Waals surface area contributed by atoms with E-state index in [9.17, 15) is 24.0 Å². The van der Waals surface area contributed by atoms with Crippen LogP contribution in [0.2, 0.25) is 10.0 Å². The molecule has 1 aromatic heterocycles. The number of esters is 1. The number of ether oxygens (including phenoxy) is 1. The molecule has 0 unspecified atom stereocenters. The van der Waals surface area contributed by atoms with Gasteiger partial charge in [-0.05, 0) is 12.1 Å². The first-order valence-corrected chi connectivity index (χ1v) is 10.0. The Morgan fingerprint density at radius 1 is 1.16 bits per heavy atom. The number of hydrogen-bond donors (Lipinski definition) is 3. The van der Waals surface area contributed by atoms with Gasteiger partial charge in [0.15, 0.2) is 24.0 Å². The third-order valence-electron chi connectivity index (χ3n) is 4.30. The zero-order valence-electron chi connectivity index (χ0n) is 16.8. The summed E-state index contributed by atoms with van der Waals surface area (Å²) in [4.78, 5) is 66.7. The lowest BCUT2D eigenvalue weighted by atomic mass is 10.0. The Bertz CT molecular complexity index is 1000. The van der Waals surface area contributed by atoms with Crippen LogP contribution in [-0.2, 0) is 19.1 Å². The summed E-state index contributed by atoms with van der Waals surface area (Å²) >= 11 is 11.8. The maximum atomic E-state index is 12.4. The number of amides is 1. The molecule has 1 amide bonds. The molecule has 0 radical (unpaired) electrons. The van der Waals surface area contributed by atoms with E-state index in [4.69, 9.17) is 33.0 Å². The van der Waals surface area contributed by atoms with E-state index >= 15 is 0 Å². The number of aliphatic carboxylic acids is 1. The second-order valence-electron chi connectivity index (χ2n) is 6.76. The van der Waals surface area contributed by atoms with E-state index in [0.29, 0.717) is 0 Å². The molecule has 10 nitrogen and oxygen atoms in total. The van der Waals surface area contributed by atoms with E-state index in [1.807, 2.05) is 0 Å². The highest BCUT2D eigenvalue weighted by Crippen LogP contribution is 2.25. The number of carbonyl (C=O) groups is 5. The lowest BCUT2D eigenvalue weighted by Gasteiger charge is -2.18. The van der Waals surface area contributed by atoms with E-state index in [1.165, 1.54) is 37.5 Å². The van der Waals surface area contributed by atoms with Crippen molar-refractivity contribution in [2.24, 2.45) is 5.92 Å². The second kappa shape index (κ2) is 11.4. The fourth-order valence-electron chi connectivity index (χ4n) is 2.62. The molecule has 1 heterocycles. The summed E-state index contributed by atoms with van der Waals surface area (Å²) < 4.78 is 4.90. The third kappa shape index (κ3) is 6.89. The minimum absolute atomic E-state index is 0.0142. The molecule has 0 saturated heterocycles. The molecule has 1 aromatic carbocycles. The number of rotatable bonds is 11. The Morgan fingerprint density at radius 2 is 1.81 bits per heavy atom. The number of imidazole rings is 1. The van der Waals surface area contributed by atoms with E-state index in [2.05, 4.69) is 15.3 Å². The summed E-state index contributed by atoms with van der Waals surface area (Å²) in [5.74, 6) is -5.14. The number of carboxylic acids is 1. The van der Waals surface area contributed by atoms with Crippen molar-refractivity contribution in [3.05, 3.63) is 52.0 Å². The van der Waals surface area contributed by atoms with Gasteiger partial charge in [-0.25, -0.2) is 9.78 Å². The number of halogens is 2. The van der Waals surface area contributed by atoms with Gasteiger partial charge in [0.2, 0.25) is 5.91 Å². The van der Waals surface area contributed by atoms with Crippen LogP contribution in [0, 0.1) is 5.92 Å². The van der Waals surface area contributed by atoms with Crippen molar-refractivity contribution < 1.29 is 33.8 Å². The van der Waals surface area contributed by atoms with E-state index < -0.39 is 54.4 Å². The molecule has 3 N–H and O–H groups in total. The molecule has 0 spiro atoms. The first-order chi connectivity index (χ1) is 15.1. The van der Waals surface area contributed by atoms with Crippen LogP contribution in [0.3, 0.4) is 0 Å². The minimum Gasteiger partial charge on any atom is -0.481 e. The summed E-state index contributed by atoms with van der Waals surface area (Å²) in [5.41, 5.74) is -0.146. The van der Waals surface area contributed by atoms with Crippen molar-refractivity contribution in [2.45, 2.75) is 25.8 Å². The lowest BCUT2D eigenvalue weighted by molar-refractivity contribution is -0.141. The first-order valence-electron chi connectivity index (χ1n) is 9.28. The molecular formula is C20H19Cl2N3O7. The Balaban J connectivity index is 1.99. The van der Waals surface area contributed by atoms with Crippen molar-refractivity contribution in [1.82, 2.24) is 15.3 Å². The molecule has 12 heteroatoms. The number of carboxylic acid groups (broad SMARTS) is 1. The summed E-state index contributed by atoms with van der Waals surface area (Å²) in [6, 6.07) is 2.86. The average molecular weight is 484 g/mol. The highest BCUT2D eigenvalue weighted by Gasteiger charge is 2.28. The number of Topliss-reactive ketones (excluding diaryl/α,β-unsaturated/α-hetero) is 2. The van der Waals surface area contributed by atoms with Crippen LogP contribution >= 0.6 is 23.2 Å². The normalized spacial score (nSPS) is 12.5. The zero-order chi connectivity index (χ0) is 23.8. The fourth-order valence-corrected chi connectivity index (χ4v) is 3.17. The number of aromatic nitrogens is 2. The number of carbonyl (C=O) groups excluding carboxylic acids is 4. The Hall–Kier alpha value is -3.24. The average Bonchev–Trinajstić information content (AvgIpc) is 3.26. The standard InChI is InChI=1S/C20H19Cl2N3O7/c1-10(7-14(26)18-23-5-6-24-18)19(30)25-13(8-16(28)29)15(27)9-32-20(31)17-11(21)3-2-4-12(17)22/h2-6,10,13H,7-9H2,1H3,(H,23,24)(H,25,30)(H,28,29)/t10-,13+/m1/s1. The molecule has 32 heavy (non-hydrogen) atoms. The number of hydrogen-bond acceptors (Lipinski definition) is 7. The van der Waals surface area contributed by atoms with Crippen molar-refractivity contribution in [3.63, 3.8) is 0 Å². The summed E-state index contributed by atoms with van der Waals surface area (Å²) in [7, 11) is 0. The lowest BCUT2D eigenvalue weighted by Crippen LogP contribution is -2.46. The quantitative estimate of drug-likeness (QED) is 0.324. The van der Waals surface area contributed by atoms with Crippen LogP contribution in [0.15, 0.2) is 30.6 Å². The number of benzene rings is 1. The number of nitrogens with zero attached hydrogens (tertiary/aromatic N) is 1. The highest BCUT2D eigenvalue weighted by molar-refractivity contribution is 6.39. The number of nitrogens with one attached hydrogen (secondary N) is 2. The molecule has 0 aliphatic heterocycles. The topological polar surface area (TPSA) is 156 Å². The molecule has 0 saturated carbocycles. The maximum Gasteiger partial charge on any atom is 0.341 e. The maximum absolute atomic E-state index is 12.4. The van der Waals surface area contributed by atoms with E-state index in [0.717, 1.165) is 0 Å². The first kappa shape index (κ1) is 25.0. The largest absolute Gasteiger partial charge is 0.481 e. The van der Waals surface area contributed by atoms with Gasteiger partial charge in [0.05, 0.1) is 22.0 Å². The van der Waals surface area contributed by atoms with Crippen LogP contribution in [0.5, 0.6) is 0 Å². The second-order valence-corrected chi connectivity index (χ2v) is 7.58. The predicted molar refractivity (Wildman–Crippen MR) is 113 cm³/mol. The Kier molecular flexibility index (Phi) is 8.91. The molecule has 0 bridgehead atoms. The van der Waals surface area contributed by atoms with Gasteiger partial charge in [-0.3, -0.25) is 19.2 Å². The Morgan fingerprint density at radius 3 is 2.38 bits per heavy atom. The minimum atomic E-state index is -1.48. The Labute approximate surface area is 192 Å². The van der Waals surface area contributed by atoms with Crippen LogP contribution < -0.4 is 5.32 Å². The molecule has 170 valence electrons. The molecule has 0 aliphatic rings. The summed E-state index contributed by atoms with van der Waals surface area (Å²) in [6.07, 6.45) is 1.88. The van der Waals surface area contributed by atoms with E-state index in [1.54, 1.807) is 0 Å². The van der Waals surface area contributed by atoms with Gasteiger partial charge >= 0.3 is 11.9 Å². The third-order valence-corrected chi connectivity index (χ3v) is 4.93. The van der Waals surface area contributed by atoms with E-state index in [-0.39, 0.29) is 27.9 Å². The molecular weight excluding hydrogens is 465 g/mol. The number of ketones is 2. The monoisotopic (exact) mass is 483 g/mol. The van der Waals surface area contributed by atoms with Gasteiger partial charge in [-0.15, -0.1) is 0 Å². The molecule has 0 fully saturated rings. The van der Waals surface area contributed by atoms with Gasteiger partial charge < -0.3 is 20.1 Å². The van der Waals surface area contributed by atoms with Crippen LogP contribution in [-0.4, -0.2) is 57.1 Å². The van der Waals surface area contributed by atoms with Crippen molar-refractivity contribution in [1.29, 1.82) is 0 Å². The zero-order valence-corrected chi connectivity index (χ0v) is 18.3. The van der Waals surface area contributed by atoms with Crippen LogP contribution in [0.1, 0.15) is 40.7 Å². The fraction of sp³-hybridized carbons (Fsp3) is 0.300. The summed E-state index contributed by atoms with van der Waals surface area (Å²) in [6.45, 7) is 0.621. The number of aromatic amines is 1. The van der Waals surface area contributed by atoms with Gasteiger partial charge in [0.25, 0.3) is 0 Å². The number of H-pyrrole nitrogens is 1. The van der Waals surface area contributed by atoms with Crippen molar-refractivity contribution >= 4 is 52.6 Å². The van der Waals surface area contributed by atoms with Gasteiger partial charge in [0, 0.05) is 24.7 Å².